The first-order valence-corrected chi connectivity index (χ1v) is 11.8. The maximum atomic E-state index is 12.8. The summed E-state index contributed by atoms with van der Waals surface area (Å²) >= 11 is 11.9. The summed E-state index contributed by atoms with van der Waals surface area (Å²) in [7, 11) is -3.86. The molecule has 2 aromatic carbocycles. The summed E-state index contributed by atoms with van der Waals surface area (Å²) in [6.45, 7) is 0.840. The number of hydrogen-bond acceptors (Lipinski definition) is 5. The minimum atomic E-state index is -3.86. The highest BCUT2D eigenvalue weighted by atomic mass is 35.5. The van der Waals surface area contributed by atoms with Crippen molar-refractivity contribution in [2.45, 2.75) is 24.2 Å². The Morgan fingerprint density at radius 3 is 2.39 bits per heavy atom. The van der Waals surface area contributed by atoms with E-state index < -0.39 is 14.9 Å². The SMILES string of the molecule is O=C(CCCc1ccc(Cl)c(Cl)c1)N1CCN(S(=O)(=O)c2cccc([N+](=O)[O-])c2)CC1. The molecule has 1 aliphatic heterocycles. The van der Waals surface area contributed by atoms with Gasteiger partial charge in [-0.05, 0) is 36.6 Å². The number of nitrogens with zero attached hydrogens (tertiary/aromatic N) is 3. The van der Waals surface area contributed by atoms with Gasteiger partial charge in [0.15, 0.2) is 0 Å². The Kier molecular flexibility index (Phi) is 7.53. The molecule has 166 valence electrons. The largest absolute Gasteiger partial charge is 0.340 e. The van der Waals surface area contributed by atoms with Crippen molar-refractivity contribution in [2.75, 3.05) is 26.2 Å². The molecule has 1 saturated heterocycles. The van der Waals surface area contributed by atoms with Gasteiger partial charge < -0.3 is 4.90 Å². The third kappa shape index (κ3) is 5.74. The van der Waals surface area contributed by atoms with Crippen molar-refractivity contribution >= 4 is 44.8 Å². The molecule has 1 fully saturated rings. The lowest BCUT2D eigenvalue weighted by atomic mass is 10.1. The number of benzene rings is 2. The van der Waals surface area contributed by atoms with Crippen LogP contribution in [0.1, 0.15) is 18.4 Å². The number of nitro groups is 1. The van der Waals surface area contributed by atoms with E-state index in [1.807, 2.05) is 6.07 Å². The van der Waals surface area contributed by atoms with E-state index in [1.54, 1.807) is 17.0 Å². The van der Waals surface area contributed by atoms with Crippen molar-refractivity contribution in [1.82, 2.24) is 9.21 Å². The maximum Gasteiger partial charge on any atom is 0.270 e. The molecule has 8 nitrogen and oxygen atoms in total. The average molecular weight is 486 g/mol. The van der Waals surface area contributed by atoms with Crippen LogP contribution >= 0.6 is 23.2 Å². The Balaban J connectivity index is 1.52. The van der Waals surface area contributed by atoms with Gasteiger partial charge in [-0.2, -0.15) is 4.31 Å². The number of aryl methyl sites for hydroxylation is 1. The standard InChI is InChI=1S/C20H21Cl2N3O5S/c21-18-8-7-15(13-19(18)22)3-1-6-20(26)23-9-11-24(12-10-23)31(29,30)17-5-2-4-16(14-17)25(27)28/h2,4-5,7-8,13-14H,1,3,6,9-12H2. The fraction of sp³-hybridized carbons (Fsp3) is 0.350. The Morgan fingerprint density at radius 2 is 1.74 bits per heavy atom. The predicted molar refractivity (Wildman–Crippen MR) is 118 cm³/mol. The smallest absolute Gasteiger partial charge is 0.270 e. The maximum absolute atomic E-state index is 12.8. The summed E-state index contributed by atoms with van der Waals surface area (Å²) in [6, 6.07) is 10.4. The summed E-state index contributed by atoms with van der Waals surface area (Å²) in [5, 5.41) is 11.9. The van der Waals surface area contributed by atoms with E-state index in [0.29, 0.717) is 29.3 Å². The van der Waals surface area contributed by atoms with Gasteiger partial charge in [-0.15, -0.1) is 0 Å². The van der Waals surface area contributed by atoms with Gasteiger partial charge >= 0.3 is 0 Å². The van der Waals surface area contributed by atoms with E-state index in [0.717, 1.165) is 11.6 Å². The van der Waals surface area contributed by atoms with Gasteiger partial charge in [-0.3, -0.25) is 14.9 Å². The summed E-state index contributed by atoms with van der Waals surface area (Å²) in [5.41, 5.74) is 0.715. The summed E-state index contributed by atoms with van der Waals surface area (Å²) in [5.74, 6) is -0.0348. The molecule has 1 amide bonds. The van der Waals surface area contributed by atoms with Gasteiger partial charge in [0.2, 0.25) is 15.9 Å². The Morgan fingerprint density at radius 1 is 1.03 bits per heavy atom. The zero-order chi connectivity index (χ0) is 22.6. The summed E-state index contributed by atoms with van der Waals surface area (Å²) < 4.78 is 26.9. The van der Waals surface area contributed by atoms with E-state index in [4.69, 9.17) is 23.2 Å². The molecule has 0 radical (unpaired) electrons. The molecule has 0 atom stereocenters. The first-order chi connectivity index (χ1) is 14.7. The van der Waals surface area contributed by atoms with Crippen molar-refractivity contribution < 1.29 is 18.1 Å². The molecule has 0 saturated carbocycles. The Labute approximate surface area is 190 Å². The second-order valence-electron chi connectivity index (χ2n) is 7.14. The van der Waals surface area contributed by atoms with E-state index in [2.05, 4.69) is 0 Å². The first-order valence-electron chi connectivity index (χ1n) is 9.65. The number of nitro benzene ring substituents is 1. The molecule has 3 rings (SSSR count). The van der Waals surface area contributed by atoms with Gasteiger partial charge in [0, 0.05) is 44.7 Å². The van der Waals surface area contributed by atoms with Gasteiger partial charge in [0.25, 0.3) is 5.69 Å². The van der Waals surface area contributed by atoms with Crippen LogP contribution in [0.2, 0.25) is 10.0 Å². The number of halogens is 2. The number of hydrogen-bond donors (Lipinski definition) is 0. The summed E-state index contributed by atoms with van der Waals surface area (Å²) in [6.07, 6.45) is 1.67. The van der Waals surface area contributed by atoms with Crippen molar-refractivity contribution in [3.63, 3.8) is 0 Å². The van der Waals surface area contributed by atoms with Gasteiger partial charge in [-0.25, -0.2) is 8.42 Å². The molecule has 0 bridgehead atoms. The molecule has 0 N–H and O–H groups in total. The van der Waals surface area contributed by atoms with Crippen LogP contribution in [0, 0.1) is 10.1 Å². The van der Waals surface area contributed by atoms with Gasteiger partial charge in [-0.1, -0.05) is 35.3 Å². The number of piperazine rings is 1. The van der Waals surface area contributed by atoms with Gasteiger partial charge in [0.05, 0.1) is 19.9 Å². The highest BCUT2D eigenvalue weighted by molar-refractivity contribution is 7.89. The monoisotopic (exact) mass is 485 g/mol. The van der Waals surface area contributed by atoms with E-state index >= 15 is 0 Å². The van der Waals surface area contributed by atoms with Gasteiger partial charge in [0.1, 0.15) is 0 Å². The normalized spacial score (nSPS) is 15.1. The molecule has 1 heterocycles. The zero-order valence-electron chi connectivity index (χ0n) is 16.5. The molecule has 1 aliphatic rings. The minimum absolute atomic E-state index is 0.0348. The fourth-order valence-electron chi connectivity index (χ4n) is 3.38. The lowest BCUT2D eigenvalue weighted by molar-refractivity contribution is -0.385. The third-order valence-corrected chi connectivity index (χ3v) is 7.73. The number of sulfonamides is 1. The van der Waals surface area contributed by atoms with E-state index in [9.17, 15) is 23.3 Å². The fourth-order valence-corrected chi connectivity index (χ4v) is 5.16. The molecule has 0 aliphatic carbocycles. The number of carbonyl (C=O) groups is 1. The molecule has 0 aromatic heterocycles. The lowest BCUT2D eigenvalue weighted by Crippen LogP contribution is -2.50. The minimum Gasteiger partial charge on any atom is -0.340 e. The highest BCUT2D eigenvalue weighted by Gasteiger charge is 2.30. The highest BCUT2D eigenvalue weighted by Crippen LogP contribution is 2.24. The van der Waals surface area contributed by atoms with E-state index in [-0.39, 0.29) is 42.7 Å². The first kappa shape index (κ1) is 23.5. The van der Waals surface area contributed by atoms with Crippen molar-refractivity contribution in [1.29, 1.82) is 0 Å². The number of carbonyl (C=O) groups excluding carboxylic acids is 1. The molecule has 31 heavy (non-hydrogen) atoms. The van der Waals surface area contributed by atoms with Crippen LogP contribution in [0.4, 0.5) is 5.69 Å². The Hall–Kier alpha value is -2.20. The number of amides is 1. The lowest BCUT2D eigenvalue weighted by Gasteiger charge is -2.34. The van der Waals surface area contributed by atoms with E-state index in [1.165, 1.54) is 22.5 Å². The summed E-state index contributed by atoms with van der Waals surface area (Å²) in [4.78, 5) is 24.3. The molecular weight excluding hydrogens is 465 g/mol. The van der Waals surface area contributed by atoms with Crippen molar-refractivity contribution in [2.24, 2.45) is 0 Å². The van der Waals surface area contributed by atoms with Crippen molar-refractivity contribution in [3.05, 3.63) is 68.2 Å². The third-order valence-electron chi connectivity index (χ3n) is 5.10. The number of non-ortho nitro benzene ring substituents is 1. The molecule has 2 aromatic rings. The van der Waals surface area contributed by atoms with Crippen LogP contribution < -0.4 is 0 Å². The Bertz CT molecular complexity index is 1090. The topological polar surface area (TPSA) is 101 Å². The van der Waals surface area contributed by atoms with Crippen LogP contribution in [0.5, 0.6) is 0 Å². The van der Waals surface area contributed by atoms with Crippen LogP contribution in [-0.2, 0) is 21.2 Å². The molecule has 11 heteroatoms. The second kappa shape index (κ2) is 9.95. The molecule has 0 unspecified atom stereocenters. The van der Waals surface area contributed by atoms with Crippen LogP contribution in [-0.4, -0.2) is 54.6 Å². The van der Waals surface area contributed by atoms with Crippen LogP contribution in [0.15, 0.2) is 47.4 Å². The second-order valence-corrected chi connectivity index (χ2v) is 9.89. The quantitative estimate of drug-likeness (QED) is 0.438. The molecule has 0 spiro atoms. The van der Waals surface area contributed by atoms with Crippen LogP contribution in [0.3, 0.4) is 0 Å². The predicted octanol–water partition coefficient (Wildman–Crippen LogP) is 3.76. The zero-order valence-corrected chi connectivity index (χ0v) is 18.9. The van der Waals surface area contributed by atoms with Crippen LogP contribution in [0.25, 0.3) is 0 Å². The number of rotatable bonds is 7. The molecular formula is C20H21Cl2N3O5S. The van der Waals surface area contributed by atoms with Crippen molar-refractivity contribution in [3.8, 4) is 0 Å². The average Bonchev–Trinajstić information content (AvgIpc) is 2.76.